The smallest absolute Gasteiger partial charge is 0.399 e. The molecule has 1 nitrogen and oxygen atoms in total. The quantitative estimate of drug-likeness (QED) is 0.503. The highest BCUT2D eigenvalue weighted by Crippen LogP contribution is 2.33. The molecule has 16 heavy (non-hydrogen) atoms. The second-order valence-electron chi connectivity index (χ2n) is 2.83. The molecule has 0 fully saturated rings. The van der Waals surface area contributed by atoms with Crippen LogP contribution >= 0.6 is 39.5 Å². The number of anilines is 1. The van der Waals surface area contributed by atoms with E-state index < -0.39 is 5.51 Å². The average molecular weight is 332 g/mol. The van der Waals surface area contributed by atoms with E-state index >= 15 is 0 Å². The molecule has 0 aliphatic heterocycles. The molecule has 7 heteroatoms. The Morgan fingerprint density at radius 2 is 1.94 bits per heavy atom. The van der Waals surface area contributed by atoms with Gasteiger partial charge in [-0.2, -0.15) is 13.2 Å². The first-order chi connectivity index (χ1) is 7.38. The Hall–Kier alpha value is -0.0100. The molecule has 0 aromatic heterocycles. The zero-order valence-corrected chi connectivity index (χ0v) is 11.3. The van der Waals surface area contributed by atoms with Crippen LogP contribution in [-0.4, -0.2) is 17.0 Å². The van der Waals surface area contributed by atoms with Gasteiger partial charge in [-0.3, -0.25) is 0 Å². The minimum Gasteiger partial charge on any atom is -0.399 e. The van der Waals surface area contributed by atoms with E-state index in [1.165, 1.54) is 11.8 Å². The normalized spacial score (nSPS) is 11.8. The summed E-state index contributed by atoms with van der Waals surface area (Å²) in [5.41, 5.74) is 2.03. The fourth-order valence-electron chi connectivity index (χ4n) is 0.943. The largest absolute Gasteiger partial charge is 0.441 e. The number of halogens is 4. The highest BCUT2D eigenvalue weighted by Gasteiger charge is 2.27. The van der Waals surface area contributed by atoms with Gasteiger partial charge in [0.05, 0.1) is 0 Å². The summed E-state index contributed by atoms with van der Waals surface area (Å²) in [6, 6.07) is 5.26. The summed E-state index contributed by atoms with van der Waals surface area (Å²) in [4.78, 5) is 0.900. The van der Waals surface area contributed by atoms with Crippen LogP contribution in [0.15, 0.2) is 27.6 Å². The Kier molecular flexibility index (Phi) is 5.33. The van der Waals surface area contributed by atoms with Crippen molar-refractivity contribution < 1.29 is 13.2 Å². The van der Waals surface area contributed by atoms with Crippen LogP contribution < -0.4 is 5.73 Å². The van der Waals surface area contributed by atoms with Gasteiger partial charge in [0, 0.05) is 26.6 Å². The van der Waals surface area contributed by atoms with Crippen LogP contribution in [0.5, 0.6) is 0 Å². The molecule has 0 saturated heterocycles. The van der Waals surface area contributed by atoms with Crippen LogP contribution in [0.25, 0.3) is 0 Å². The van der Waals surface area contributed by atoms with Crippen LogP contribution in [0.4, 0.5) is 18.9 Å². The minimum atomic E-state index is -4.14. The van der Waals surface area contributed by atoms with E-state index in [0.29, 0.717) is 11.4 Å². The van der Waals surface area contributed by atoms with E-state index in [1.807, 2.05) is 0 Å². The van der Waals surface area contributed by atoms with Gasteiger partial charge >= 0.3 is 5.51 Å². The average Bonchev–Trinajstić information content (AvgIpc) is 2.13. The highest BCUT2D eigenvalue weighted by atomic mass is 79.9. The molecule has 0 atom stereocenters. The molecule has 0 unspecified atom stereocenters. The summed E-state index contributed by atoms with van der Waals surface area (Å²) >= 11 is 4.68. The molecule has 0 spiro atoms. The summed E-state index contributed by atoms with van der Waals surface area (Å²) in [7, 11) is 0. The van der Waals surface area contributed by atoms with E-state index in [-0.39, 0.29) is 17.5 Å². The molecule has 1 rings (SSSR count). The Morgan fingerprint density at radius 3 is 2.50 bits per heavy atom. The number of alkyl halides is 3. The zero-order valence-electron chi connectivity index (χ0n) is 8.05. The van der Waals surface area contributed by atoms with Crippen molar-refractivity contribution in [1.82, 2.24) is 0 Å². The first-order valence-corrected chi connectivity index (χ1v) is 7.03. The van der Waals surface area contributed by atoms with Crippen LogP contribution in [0.1, 0.15) is 0 Å². The van der Waals surface area contributed by atoms with Crippen molar-refractivity contribution in [3.05, 3.63) is 22.7 Å². The van der Waals surface area contributed by atoms with Crippen molar-refractivity contribution in [3.8, 4) is 0 Å². The third kappa shape index (κ3) is 5.36. The second kappa shape index (κ2) is 6.07. The number of rotatable bonds is 4. The van der Waals surface area contributed by atoms with E-state index in [1.54, 1.807) is 18.2 Å². The van der Waals surface area contributed by atoms with Crippen molar-refractivity contribution >= 4 is 45.1 Å². The van der Waals surface area contributed by atoms with Crippen LogP contribution in [0, 0.1) is 0 Å². The summed E-state index contributed by atoms with van der Waals surface area (Å²) in [6.07, 6.45) is 0. The van der Waals surface area contributed by atoms with Gasteiger partial charge in [-0.05, 0) is 34.1 Å². The molecular formula is C9H9BrF3NS2. The maximum atomic E-state index is 11.8. The Labute approximate surface area is 108 Å². The third-order valence-electron chi connectivity index (χ3n) is 1.56. The summed E-state index contributed by atoms with van der Waals surface area (Å²) < 4.78 is 36.3. The first kappa shape index (κ1) is 14.1. The predicted molar refractivity (Wildman–Crippen MR) is 67.8 cm³/mol. The monoisotopic (exact) mass is 331 g/mol. The van der Waals surface area contributed by atoms with Gasteiger partial charge in [-0.1, -0.05) is 11.8 Å². The maximum absolute atomic E-state index is 11.8. The van der Waals surface area contributed by atoms with E-state index in [0.717, 1.165) is 9.37 Å². The van der Waals surface area contributed by atoms with Gasteiger partial charge < -0.3 is 5.73 Å². The number of nitrogen functional groups attached to an aromatic ring is 1. The number of hydrogen-bond acceptors (Lipinski definition) is 3. The molecular weight excluding hydrogens is 323 g/mol. The van der Waals surface area contributed by atoms with Gasteiger partial charge in [-0.25, -0.2) is 0 Å². The number of benzene rings is 1. The van der Waals surface area contributed by atoms with E-state index in [2.05, 4.69) is 15.9 Å². The molecule has 1 aromatic carbocycles. The maximum Gasteiger partial charge on any atom is 0.441 e. The number of hydrogen-bond donors (Lipinski definition) is 1. The number of nitrogens with two attached hydrogens (primary N) is 1. The Morgan fingerprint density at radius 1 is 1.25 bits per heavy atom. The highest BCUT2D eigenvalue weighted by molar-refractivity contribution is 9.10. The summed E-state index contributed by atoms with van der Waals surface area (Å²) in [5.74, 6) is 0.456. The van der Waals surface area contributed by atoms with Gasteiger partial charge in [0.15, 0.2) is 0 Å². The summed E-state index contributed by atoms with van der Waals surface area (Å²) in [5, 5.41) is 0. The van der Waals surface area contributed by atoms with E-state index in [9.17, 15) is 13.2 Å². The van der Waals surface area contributed by atoms with Gasteiger partial charge in [0.25, 0.3) is 0 Å². The molecule has 90 valence electrons. The minimum absolute atomic E-state index is 0.000993. The zero-order chi connectivity index (χ0) is 12.2. The Bertz CT molecular complexity index is 357. The molecule has 0 aliphatic carbocycles. The first-order valence-electron chi connectivity index (χ1n) is 4.27. The molecule has 0 aliphatic rings. The lowest BCUT2D eigenvalue weighted by Crippen LogP contribution is -2.02. The van der Waals surface area contributed by atoms with Crippen molar-refractivity contribution in [2.75, 3.05) is 17.2 Å². The Balaban J connectivity index is 2.38. The van der Waals surface area contributed by atoms with Crippen LogP contribution in [-0.2, 0) is 0 Å². The molecule has 0 saturated carbocycles. The van der Waals surface area contributed by atoms with Crippen molar-refractivity contribution in [2.45, 2.75) is 10.4 Å². The van der Waals surface area contributed by atoms with Gasteiger partial charge in [-0.15, -0.1) is 11.8 Å². The molecule has 1 aromatic rings. The molecule has 0 bridgehead atoms. The lowest BCUT2D eigenvalue weighted by atomic mass is 10.3. The van der Waals surface area contributed by atoms with Crippen molar-refractivity contribution in [2.24, 2.45) is 0 Å². The number of thioether (sulfide) groups is 2. The van der Waals surface area contributed by atoms with Gasteiger partial charge in [0.1, 0.15) is 0 Å². The van der Waals surface area contributed by atoms with Crippen LogP contribution in [0.3, 0.4) is 0 Å². The predicted octanol–water partition coefficient (Wildman–Crippen LogP) is 4.38. The van der Waals surface area contributed by atoms with Crippen LogP contribution in [0.2, 0.25) is 0 Å². The molecule has 0 amide bonds. The molecule has 2 N–H and O–H groups in total. The molecule has 0 radical (unpaired) electrons. The van der Waals surface area contributed by atoms with E-state index in [4.69, 9.17) is 5.73 Å². The lowest BCUT2D eigenvalue weighted by molar-refractivity contribution is -0.0326. The summed E-state index contributed by atoms with van der Waals surface area (Å²) in [6.45, 7) is 0. The van der Waals surface area contributed by atoms with Gasteiger partial charge in [0.2, 0.25) is 0 Å². The van der Waals surface area contributed by atoms with Crippen molar-refractivity contribution in [1.29, 1.82) is 0 Å². The standard InChI is InChI=1S/C9H9BrF3NS2/c10-7-5-6(14)1-2-8(7)15-3-4-16-9(11,12)13/h1-2,5H,3-4,14H2. The second-order valence-corrected chi connectivity index (χ2v) is 5.98. The lowest BCUT2D eigenvalue weighted by Gasteiger charge is -2.06. The molecule has 0 heterocycles. The van der Waals surface area contributed by atoms with Crippen molar-refractivity contribution in [3.63, 3.8) is 0 Å². The fraction of sp³-hybridized carbons (Fsp3) is 0.333. The third-order valence-corrected chi connectivity index (χ3v) is 4.55. The fourth-order valence-corrected chi connectivity index (χ4v) is 3.16. The SMILES string of the molecule is Nc1ccc(SCCSC(F)(F)F)c(Br)c1. The topological polar surface area (TPSA) is 26.0 Å².